The van der Waals surface area contributed by atoms with Crippen LogP contribution in [0.2, 0.25) is 0 Å². The first-order chi connectivity index (χ1) is 11.5. The second kappa shape index (κ2) is 8.68. The summed E-state index contributed by atoms with van der Waals surface area (Å²) in [5, 5.41) is 0. The Morgan fingerprint density at radius 2 is 2.04 bits per heavy atom. The molecule has 1 fully saturated rings. The Morgan fingerprint density at radius 1 is 1.33 bits per heavy atom. The smallest absolute Gasteiger partial charge is 0.253 e. The summed E-state index contributed by atoms with van der Waals surface area (Å²) in [6.07, 6.45) is 2.56. The van der Waals surface area contributed by atoms with Crippen LogP contribution in [0.15, 0.2) is 24.3 Å². The van der Waals surface area contributed by atoms with E-state index >= 15 is 0 Å². The monoisotopic (exact) mass is 333 g/mol. The van der Waals surface area contributed by atoms with Crippen molar-refractivity contribution in [3.05, 3.63) is 29.8 Å². The molecular weight excluding hydrogens is 306 g/mol. The van der Waals surface area contributed by atoms with Crippen molar-refractivity contribution in [3.8, 4) is 5.75 Å². The molecule has 1 aliphatic heterocycles. The molecule has 6 heteroatoms. The van der Waals surface area contributed by atoms with Crippen LogP contribution in [0.3, 0.4) is 0 Å². The third kappa shape index (κ3) is 4.96. The maximum absolute atomic E-state index is 12.6. The van der Waals surface area contributed by atoms with Crippen molar-refractivity contribution in [3.63, 3.8) is 0 Å². The van der Waals surface area contributed by atoms with E-state index in [4.69, 9.17) is 10.6 Å². The van der Waals surface area contributed by atoms with Gasteiger partial charge in [0.2, 0.25) is 5.91 Å². The number of hydrazine groups is 1. The number of hydrogen-bond acceptors (Lipinski definition) is 4. The van der Waals surface area contributed by atoms with Gasteiger partial charge in [-0.15, -0.1) is 0 Å². The second-order valence-electron chi connectivity index (χ2n) is 6.65. The number of piperidine rings is 1. The first kappa shape index (κ1) is 18.3. The number of likely N-dealkylation sites (tertiary alicyclic amines) is 1. The number of carbonyl (C=O) groups excluding carboxylic acids is 2. The molecule has 3 N–H and O–H groups in total. The second-order valence-corrected chi connectivity index (χ2v) is 6.65. The van der Waals surface area contributed by atoms with Crippen LogP contribution < -0.4 is 16.0 Å². The highest BCUT2D eigenvalue weighted by atomic mass is 16.5. The predicted octanol–water partition coefficient (Wildman–Crippen LogP) is 1.95. The Morgan fingerprint density at radius 3 is 2.67 bits per heavy atom. The summed E-state index contributed by atoms with van der Waals surface area (Å²) in [5.74, 6) is 6.07. The number of nitrogens with zero attached hydrogens (tertiary/aromatic N) is 1. The lowest BCUT2D eigenvalue weighted by molar-refractivity contribution is -0.126. The van der Waals surface area contributed by atoms with Gasteiger partial charge in [0.15, 0.2) is 0 Å². The van der Waals surface area contributed by atoms with E-state index in [-0.39, 0.29) is 17.7 Å². The van der Waals surface area contributed by atoms with Crippen LogP contribution >= 0.6 is 0 Å². The van der Waals surface area contributed by atoms with Crippen LogP contribution in [0.25, 0.3) is 0 Å². The zero-order valence-corrected chi connectivity index (χ0v) is 14.5. The van der Waals surface area contributed by atoms with Gasteiger partial charge in [-0.05, 0) is 49.4 Å². The molecule has 2 rings (SSSR count). The molecule has 0 radical (unpaired) electrons. The van der Waals surface area contributed by atoms with Crippen molar-refractivity contribution in [1.29, 1.82) is 0 Å². The van der Waals surface area contributed by atoms with E-state index in [0.29, 0.717) is 31.2 Å². The summed E-state index contributed by atoms with van der Waals surface area (Å²) < 4.78 is 5.67. The fourth-order valence-electron chi connectivity index (χ4n) is 2.78. The van der Waals surface area contributed by atoms with E-state index in [1.54, 1.807) is 17.0 Å². The van der Waals surface area contributed by atoms with Gasteiger partial charge in [-0.1, -0.05) is 13.8 Å². The molecule has 1 aromatic carbocycles. The van der Waals surface area contributed by atoms with Crippen molar-refractivity contribution in [2.24, 2.45) is 17.7 Å². The number of carbonyl (C=O) groups is 2. The van der Waals surface area contributed by atoms with Crippen LogP contribution in [0.1, 0.15) is 43.5 Å². The Bertz CT molecular complexity index is 557. The summed E-state index contributed by atoms with van der Waals surface area (Å²) in [6.45, 7) is 6.06. The standard InChI is InChI=1S/C18H27N3O3/c1-13(2)9-11-24-16-7-5-14(6-8-16)18(23)21-10-3-4-15(12-21)17(22)20-19/h5-8,13,15H,3-4,9-12,19H2,1-2H3,(H,20,22). The van der Waals surface area contributed by atoms with Gasteiger partial charge in [-0.25, -0.2) is 5.84 Å². The van der Waals surface area contributed by atoms with Gasteiger partial charge in [0, 0.05) is 18.7 Å². The Labute approximate surface area is 143 Å². The van der Waals surface area contributed by atoms with Crippen LogP contribution in [0.5, 0.6) is 5.75 Å². The Hall–Kier alpha value is -2.08. The highest BCUT2D eigenvalue weighted by Gasteiger charge is 2.28. The van der Waals surface area contributed by atoms with Crippen LogP contribution in [0, 0.1) is 11.8 Å². The molecular formula is C18H27N3O3. The summed E-state index contributed by atoms with van der Waals surface area (Å²) in [6, 6.07) is 7.20. The number of rotatable bonds is 6. The van der Waals surface area contributed by atoms with E-state index in [1.165, 1.54) is 0 Å². The topological polar surface area (TPSA) is 84.7 Å². The molecule has 1 saturated heterocycles. The highest BCUT2D eigenvalue weighted by molar-refractivity contribution is 5.94. The number of hydrogen-bond donors (Lipinski definition) is 2. The van der Waals surface area contributed by atoms with Crippen molar-refractivity contribution >= 4 is 11.8 Å². The van der Waals surface area contributed by atoms with Gasteiger partial charge < -0.3 is 9.64 Å². The molecule has 1 unspecified atom stereocenters. The number of nitrogens with two attached hydrogens (primary N) is 1. The molecule has 132 valence electrons. The molecule has 0 saturated carbocycles. The molecule has 1 atom stereocenters. The lowest BCUT2D eigenvalue weighted by Gasteiger charge is -2.31. The normalized spacial score (nSPS) is 17.7. The molecule has 0 bridgehead atoms. The number of ether oxygens (including phenoxy) is 1. The van der Waals surface area contributed by atoms with Crippen molar-refractivity contribution in [2.45, 2.75) is 33.1 Å². The third-order valence-corrected chi connectivity index (χ3v) is 4.29. The largest absolute Gasteiger partial charge is 0.494 e. The molecule has 0 aromatic heterocycles. The van der Waals surface area contributed by atoms with Crippen LogP contribution in [-0.4, -0.2) is 36.4 Å². The van der Waals surface area contributed by atoms with Crippen LogP contribution in [-0.2, 0) is 4.79 Å². The van der Waals surface area contributed by atoms with Crippen LogP contribution in [0.4, 0.5) is 0 Å². The SMILES string of the molecule is CC(C)CCOc1ccc(C(=O)N2CCCC(C(=O)NN)C2)cc1. The highest BCUT2D eigenvalue weighted by Crippen LogP contribution is 2.20. The summed E-state index contributed by atoms with van der Waals surface area (Å²) >= 11 is 0. The molecule has 24 heavy (non-hydrogen) atoms. The zero-order valence-electron chi connectivity index (χ0n) is 14.5. The molecule has 0 spiro atoms. The third-order valence-electron chi connectivity index (χ3n) is 4.29. The lowest BCUT2D eigenvalue weighted by atomic mass is 9.97. The minimum absolute atomic E-state index is 0.0572. The number of benzene rings is 1. The maximum Gasteiger partial charge on any atom is 0.253 e. The van der Waals surface area contributed by atoms with Gasteiger partial charge in [-0.3, -0.25) is 15.0 Å². The van der Waals surface area contributed by atoms with E-state index in [9.17, 15) is 9.59 Å². The van der Waals surface area contributed by atoms with E-state index in [0.717, 1.165) is 25.0 Å². The number of nitrogens with one attached hydrogen (secondary N) is 1. The number of amides is 2. The van der Waals surface area contributed by atoms with E-state index < -0.39 is 0 Å². The molecule has 2 amide bonds. The fraction of sp³-hybridized carbons (Fsp3) is 0.556. The molecule has 1 aliphatic rings. The fourth-order valence-corrected chi connectivity index (χ4v) is 2.78. The van der Waals surface area contributed by atoms with Gasteiger partial charge in [0.1, 0.15) is 5.75 Å². The molecule has 1 heterocycles. The molecule has 6 nitrogen and oxygen atoms in total. The predicted molar refractivity (Wildman–Crippen MR) is 92.3 cm³/mol. The van der Waals surface area contributed by atoms with Crippen molar-refractivity contribution in [1.82, 2.24) is 10.3 Å². The van der Waals surface area contributed by atoms with Crippen molar-refractivity contribution in [2.75, 3.05) is 19.7 Å². The van der Waals surface area contributed by atoms with Gasteiger partial charge >= 0.3 is 0 Å². The van der Waals surface area contributed by atoms with Gasteiger partial charge in [0.25, 0.3) is 5.91 Å². The lowest BCUT2D eigenvalue weighted by Crippen LogP contribution is -2.46. The minimum Gasteiger partial charge on any atom is -0.494 e. The van der Waals surface area contributed by atoms with Crippen molar-refractivity contribution < 1.29 is 14.3 Å². The first-order valence-electron chi connectivity index (χ1n) is 8.54. The molecule has 0 aliphatic carbocycles. The summed E-state index contributed by atoms with van der Waals surface area (Å²) in [4.78, 5) is 26.0. The quantitative estimate of drug-likeness (QED) is 0.473. The van der Waals surface area contributed by atoms with E-state index in [2.05, 4.69) is 19.3 Å². The average Bonchev–Trinajstić information content (AvgIpc) is 2.61. The molecule has 1 aromatic rings. The first-order valence-corrected chi connectivity index (χ1v) is 8.54. The summed E-state index contributed by atoms with van der Waals surface area (Å²) in [7, 11) is 0. The Kier molecular flexibility index (Phi) is 6.61. The van der Waals surface area contributed by atoms with E-state index in [1.807, 2.05) is 12.1 Å². The van der Waals surface area contributed by atoms with Gasteiger partial charge in [-0.2, -0.15) is 0 Å². The zero-order chi connectivity index (χ0) is 17.5. The maximum atomic E-state index is 12.6. The van der Waals surface area contributed by atoms with Gasteiger partial charge in [0.05, 0.1) is 12.5 Å². The minimum atomic E-state index is -0.230. The Balaban J connectivity index is 1.93. The summed E-state index contributed by atoms with van der Waals surface area (Å²) in [5.41, 5.74) is 2.79. The average molecular weight is 333 g/mol.